The topological polar surface area (TPSA) is 12.0 Å². The highest BCUT2D eigenvalue weighted by molar-refractivity contribution is 9.10. The van der Waals surface area contributed by atoms with E-state index in [0.717, 1.165) is 17.4 Å². The molecule has 1 nitrogen and oxygen atoms in total. The second kappa shape index (κ2) is 6.45. The molecule has 5 heteroatoms. The molecule has 0 saturated heterocycles. The predicted octanol–water partition coefficient (Wildman–Crippen LogP) is 4.23. The lowest BCUT2D eigenvalue weighted by molar-refractivity contribution is 0.386. The Morgan fingerprint density at radius 2 is 2.13 bits per heavy atom. The van der Waals surface area contributed by atoms with Crippen LogP contribution in [0.5, 0.6) is 0 Å². The zero-order valence-corrected chi connectivity index (χ0v) is 12.4. The van der Waals surface area contributed by atoms with E-state index in [1.807, 2.05) is 0 Å². The van der Waals surface area contributed by atoms with Gasteiger partial charge in [0.2, 0.25) is 0 Å². The molecular formula is C10H14BrCl2NS. The Balaban J connectivity index is 2.54. The van der Waals surface area contributed by atoms with Gasteiger partial charge in [-0.2, -0.15) is 0 Å². The summed E-state index contributed by atoms with van der Waals surface area (Å²) in [4.78, 5) is 1.29. The predicted molar refractivity (Wildman–Crippen MR) is 73.3 cm³/mol. The monoisotopic (exact) mass is 329 g/mol. The number of alkyl halides is 2. The molecule has 0 aromatic carbocycles. The molecule has 0 bridgehead atoms. The normalized spacial score (nSPS) is 12.0. The summed E-state index contributed by atoms with van der Waals surface area (Å²) in [6, 6.07) is 2.11. The van der Waals surface area contributed by atoms with Crippen LogP contribution < -0.4 is 5.32 Å². The molecule has 1 aromatic heterocycles. The van der Waals surface area contributed by atoms with Crippen molar-refractivity contribution in [3.05, 3.63) is 20.8 Å². The molecule has 0 radical (unpaired) electrons. The van der Waals surface area contributed by atoms with Crippen molar-refractivity contribution >= 4 is 50.5 Å². The zero-order valence-electron chi connectivity index (χ0n) is 8.53. The van der Waals surface area contributed by atoms with Gasteiger partial charge in [0.05, 0.1) is 0 Å². The number of rotatable bonds is 6. The maximum atomic E-state index is 5.94. The van der Waals surface area contributed by atoms with Crippen LogP contribution in [0.15, 0.2) is 15.9 Å². The average molecular weight is 331 g/mol. The summed E-state index contributed by atoms with van der Waals surface area (Å²) in [5, 5.41) is 5.51. The number of hydrogen-bond donors (Lipinski definition) is 1. The van der Waals surface area contributed by atoms with Gasteiger partial charge in [0.15, 0.2) is 0 Å². The van der Waals surface area contributed by atoms with Crippen molar-refractivity contribution in [1.29, 1.82) is 0 Å². The first-order valence-corrected chi connectivity index (χ1v) is 7.50. The van der Waals surface area contributed by atoms with E-state index in [1.165, 1.54) is 4.88 Å². The van der Waals surface area contributed by atoms with Crippen molar-refractivity contribution < 1.29 is 0 Å². The second-order valence-corrected chi connectivity index (χ2v) is 5.93. The summed E-state index contributed by atoms with van der Waals surface area (Å²) in [6.07, 6.45) is 0.937. The molecule has 0 fully saturated rings. The van der Waals surface area contributed by atoms with Crippen LogP contribution in [-0.4, -0.2) is 17.3 Å². The van der Waals surface area contributed by atoms with Crippen molar-refractivity contribution in [1.82, 2.24) is 5.32 Å². The van der Waals surface area contributed by atoms with E-state index in [4.69, 9.17) is 23.2 Å². The van der Waals surface area contributed by atoms with E-state index < -0.39 is 0 Å². The summed E-state index contributed by atoms with van der Waals surface area (Å²) >= 11 is 17.0. The smallest absolute Gasteiger partial charge is 0.0453 e. The number of hydrogen-bond acceptors (Lipinski definition) is 2. The molecule has 86 valence electrons. The Morgan fingerprint density at radius 3 is 2.53 bits per heavy atom. The molecule has 0 unspecified atom stereocenters. The first kappa shape index (κ1) is 13.8. The molecule has 1 aromatic rings. The van der Waals surface area contributed by atoms with Crippen LogP contribution in [0.2, 0.25) is 0 Å². The van der Waals surface area contributed by atoms with E-state index >= 15 is 0 Å². The standard InChI is InChI=1S/C10H14BrCl2NS/c1-2-10(6-12,7-13)14-4-9-3-8(11)5-15-9/h3,5,14H,2,4,6-7H2,1H3. The lowest BCUT2D eigenvalue weighted by Gasteiger charge is -2.29. The van der Waals surface area contributed by atoms with Gasteiger partial charge < -0.3 is 5.32 Å². The Hall–Kier alpha value is 0.720. The Kier molecular flexibility index (Phi) is 5.93. The third-order valence-corrected chi connectivity index (χ3v) is 5.17. The van der Waals surface area contributed by atoms with Crippen molar-refractivity contribution in [2.75, 3.05) is 11.8 Å². The Bertz CT molecular complexity index is 291. The Morgan fingerprint density at radius 1 is 1.47 bits per heavy atom. The molecule has 0 amide bonds. The number of nitrogens with one attached hydrogen (secondary N) is 1. The quantitative estimate of drug-likeness (QED) is 0.770. The molecule has 15 heavy (non-hydrogen) atoms. The van der Waals surface area contributed by atoms with Crippen molar-refractivity contribution in [3.63, 3.8) is 0 Å². The first-order chi connectivity index (χ1) is 7.15. The van der Waals surface area contributed by atoms with Gasteiger partial charge in [0.25, 0.3) is 0 Å². The van der Waals surface area contributed by atoms with Gasteiger partial charge in [0, 0.05) is 38.6 Å². The molecule has 0 spiro atoms. The molecule has 0 aliphatic rings. The molecule has 1 rings (SSSR count). The van der Waals surface area contributed by atoms with E-state index in [2.05, 4.69) is 39.6 Å². The SMILES string of the molecule is CCC(CCl)(CCl)NCc1cc(Br)cs1. The third kappa shape index (κ3) is 3.90. The van der Waals surface area contributed by atoms with Crippen LogP contribution >= 0.6 is 50.5 Å². The van der Waals surface area contributed by atoms with Gasteiger partial charge in [-0.15, -0.1) is 34.5 Å². The zero-order chi connectivity index (χ0) is 11.3. The summed E-state index contributed by atoms with van der Waals surface area (Å²) in [6.45, 7) is 2.92. The highest BCUT2D eigenvalue weighted by Crippen LogP contribution is 2.21. The van der Waals surface area contributed by atoms with Gasteiger partial charge in [-0.05, 0) is 28.4 Å². The molecule has 1 N–H and O–H groups in total. The maximum absolute atomic E-state index is 5.94. The Labute approximate surface area is 113 Å². The molecule has 0 aliphatic heterocycles. The van der Waals surface area contributed by atoms with E-state index in [0.29, 0.717) is 11.8 Å². The largest absolute Gasteiger partial charge is 0.304 e. The first-order valence-electron chi connectivity index (χ1n) is 4.75. The van der Waals surface area contributed by atoms with Crippen LogP contribution in [0, 0.1) is 0 Å². The number of thiophene rings is 1. The molecular weight excluding hydrogens is 317 g/mol. The molecule has 0 atom stereocenters. The summed E-state index contributed by atoms with van der Waals surface area (Å²) in [7, 11) is 0. The minimum atomic E-state index is -0.139. The van der Waals surface area contributed by atoms with E-state index in [9.17, 15) is 0 Å². The highest BCUT2D eigenvalue weighted by atomic mass is 79.9. The molecule has 0 saturated carbocycles. The lowest BCUT2D eigenvalue weighted by Crippen LogP contribution is -2.47. The lowest BCUT2D eigenvalue weighted by atomic mass is 10.0. The summed E-state index contributed by atoms with van der Waals surface area (Å²) in [5.41, 5.74) is -0.139. The van der Waals surface area contributed by atoms with Crippen molar-refractivity contribution in [2.24, 2.45) is 0 Å². The van der Waals surface area contributed by atoms with Gasteiger partial charge >= 0.3 is 0 Å². The number of halogens is 3. The van der Waals surface area contributed by atoms with Crippen molar-refractivity contribution in [3.8, 4) is 0 Å². The minimum Gasteiger partial charge on any atom is -0.304 e. The maximum Gasteiger partial charge on any atom is 0.0453 e. The van der Waals surface area contributed by atoms with Gasteiger partial charge in [-0.3, -0.25) is 0 Å². The fourth-order valence-corrected chi connectivity index (χ4v) is 3.41. The molecule has 1 heterocycles. The van der Waals surface area contributed by atoms with Crippen molar-refractivity contribution in [2.45, 2.75) is 25.4 Å². The van der Waals surface area contributed by atoms with Crippen LogP contribution in [0.25, 0.3) is 0 Å². The van der Waals surface area contributed by atoms with Gasteiger partial charge in [-0.25, -0.2) is 0 Å². The van der Waals surface area contributed by atoms with Crippen LogP contribution in [0.3, 0.4) is 0 Å². The van der Waals surface area contributed by atoms with Gasteiger partial charge in [-0.1, -0.05) is 6.92 Å². The van der Waals surface area contributed by atoms with Crippen LogP contribution in [-0.2, 0) is 6.54 Å². The fourth-order valence-electron chi connectivity index (χ4n) is 1.17. The highest BCUT2D eigenvalue weighted by Gasteiger charge is 2.25. The van der Waals surface area contributed by atoms with E-state index in [1.54, 1.807) is 11.3 Å². The van der Waals surface area contributed by atoms with Crippen LogP contribution in [0.4, 0.5) is 0 Å². The summed E-state index contributed by atoms with van der Waals surface area (Å²) < 4.78 is 1.13. The second-order valence-electron chi connectivity index (χ2n) is 3.49. The molecule has 0 aliphatic carbocycles. The fraction of sp³-hybridized carbons (Fsp3) is 0.600. The minimum absolute atomic E-state index is 0.139. The van der Waals surface area contributed by atoms with Gasteiger partial charge in [0.1, 0.15) is 0 Å². The summed E-state index contributed by atoms with van der Waals surface area (Å²) in [5.74, 6) is 1.08. The van der Waals surface area contributed by atoms with Crippen LogP contribution in [0.1, 0.15) is 18.2 Å². The van der Waals surface area contributed by atoms with E-state index in [-0.39, 0.29) is 5.54 Å². The third-order valence-electron chi connectivity index (χ3n) is 2.45. The average Bonchev–Trinajstić information content (AvgIpc) is 2.67.